The minimum atomic E-state index is -0.0438. The van der Waals surface area contributed by atoms with Crippen LogP contribution in [0.4, 0.5) is 0 Å². The van der Waals surface area contributed by atoms with E-state index in [9.17, 15) is 9.90 Å². The number of carbonyl (C=O) groups excluding carboxylic acids is 1. The maximum atomic E-state index is 12.3. The summed E-state index contributed by atoms with van der Waals surface area (Å²) in [5.41, 5.74) is 0.781. The maximum absolute atomic E-state index is 12.3. The molecule has 1 atom stereocenters. The van der Waals surface area contributed by atoms with Gasteiger partial charge in [-0.1, -0.05) is 11.6 Å². The molecule has 1 amide bonds. The van der Waals surface area contributed by atoms with Gasteiger partial charge in [-0.05, 0) is 31.0 Å². The zero-order valence-electron chi connectivity index (χ0n) is 10.9. The Labute approximate surface area is 117 Å². The molecule has 0 spiro atoms. The molecule has 5 heteroatoms. The highest BCUT2D eigenvalue weighted by Crippen LogP contribution is 2.25. The number of likely N-dealkylation sites (tertiary alicyclic amines) is 1. The Hall–Kier alpha value is -1.26. The predicted molar refractivity (Wildman–Crippen MR) is 73.5 cm³/mol. The lowest BCUT2D eigenvalue weighted by atomic mass is 10.1. The normalized spacial score (nSPS) is 18.7. The summed E-state index contributed by atoms with van der Waals surface area (Å²) in [6, 6.07) is 5.21. The van der Waals surface area contributed by atoms with E-state index in [-0.39, 0.29) is 25.0 Å². The molecule has 0 radical (unpaired) electrons. The van der Waals surface area contributed by atoms with Crippen LogP contribution in [-0.2, 0) is 11.2 Å². The van der Waals surface area contributed by atoms with Crippen molar-refractivity contribution in [3.05, 3.63) is 28.8 Å². The summed E-state index contributed by atoms with van der Waals surface area (Å²) in [4.78, 5) is 14.0. The Morgan fingerprint density at radius 2 is 2.37 bits per heavy atom. The second-order valence-corrected chi connectivity index (χ2v) is 5.14. The van der Waals surface area contributed by atoms with Crippen LogP contribution < -0.4 is 4.74 Å². The highest BCUT2D eigenvalue weighted by molar-refractivity contribution is 6.30. The van der Waals surface area contributed by atoms with Crippen LogP contribution in [0.2, 0.25) is 5.02 Å². The molecule has 1 aromatic rings. The largest absolute Gasteiger partial charge is 0.496 e. The molecule has 1 aromatic carbocycles. The molecule has 104 valence electrons. The number of rotatable bonds is 4. The number of ether oxygens (including phenoxy) is 1. The van der Waals surface area contributed by atoms with Gasteiger partial charge < -0.3 is 14.7 Å². The van der Waals surface area contributed by atoms with E-state index in [1.54, 1.807) is 30.2 Å². The number of hydrogen-bond donors (Lipinski definition) is 1. The van der Waals surface area contributed by atoms with Crippen molar-refractivity contribution >= 4 is 17.5 Å². The number of aliphatic hydroxyl groups excluding tert-OH is 1. The van der Waals surface area contributed by atoms with Gasteiger partial charge in [-0.15, -0.1) is 0 Å². The third kappa shape index (κ3) is 3.19. The van der Waals surface area contributed by atoms with Gasteiger partial charge in [-0.2, -0.15) is 0 Å². The van der Waals surface area contributed by atoms with E-state index in [4.69, 9.17) is 16.3 Å². The van der Waals surface area contributed by atoms with Crippen LogP contribution in [0, 0.1) is 0 Å². The van der Waals surface area contributed by atoms with E-state index >= 15 is 0 Å². The molecule has 19 heavy (non-hydrogen) atoms. The van der Waals surface area contributed by atoms with Crippen molar-refractivity contribution in [3.8, 4) is 5.75 Å². The quantitative estimate of drug-likeness (QED) is 0.918. The molecule has 0 aliphatic carbocycles. The Kier molecular flexibility index (Phi) is 4.66. The van der Waals surface area contributed by atoms with Crippen LogP contribution in [0.25, 0.3) is 0 Å². The van der Waals surface area contributed by atoms with Gasteiger partial charge in [0.05, 0.1) is 26.2 Å². The fourth-order valence-corrected chi connectivity index (χ4v) is 2.70. The molecule has 0 aromatic heterocycles. The fourth-order valence-electron chi connectivity index (χ4n) is 2.50. The average Bonchev–Trinajstić information content (AvgIpc) is 2.87. The summed E-state index contributed by atoms with van der Waals surface area (Å²) in [6.45, 7) is 0.741. The number of methoxy groups -OCH3 is 1. The van der Waals surface area contributed by atoms with Gasteiger partial charge in [0.2, 0.25) is 5.91 Å². The Bertz CT molecular complexity index is 464. The third-order valence-electron chi connectivity index (χ3n) is 3.49. The van der Waals surface area contributed by atoms with E-state index in [0.717, 1.165) is 18.4 Å². The molecule has 4 nitrogen and oxygen atoms in total. The van der Waals surface area contributed by atoms with Gasteiger partial charge in [0, 0.05) is 17.1 Å². The van der Waals surface area contributed by atoms with Gasteiger partial charge in [-0.25, -0.2) is 0 Å². The molecule has 1 saturated heterocycles. The van der Waals surface area contributed by atoms with Crippen LogP contribution >= 0.6 is 11.6 Å². The van der Waals surface area contributed by atoms with Crippen LogP contribution in [-0.4, -0.2) is 42.2 Å². The van der Waals surface area contributed by atoms with Crippen LogP contribution in [0.15, 0.2) is 18.2 Å². The summed E-state index contributed by atoms with van der Waals surface area (Å²) >= 11 is 5.95. The summed E-state index contributed by atoms with van der Waals surface area (Å²) in [5, 5.41) is 9.84. The molecule has 1 N–H and O–H groups in total. The highest BCUT2D eigenvalue weighted by atomic mass is 35.5. The molecule has 1 aliphatic heterocycles. The summed E-state index contributed by atoms with van der Waals surface area (Å²) < 4.78 is 5.24. The lowest BCUT2D eigenvalue weighted by molar-refractivity contribution is -0.132. The number of benzene rings is 1. The van der Waals surface area contributed by atoms with Gasteiger partial charge >= 0.3 is 0 Å². The molecule has 1 unspecified atom stereocenters. The van der Waals surface area contributed by atoms with Crippen molar-refractivity contribution in [1.82, 2.24) is 4.90 Å². The van der Waals surface area contributed by atoms with Gasteiger partial charge in [0.15, 0.2) is 0 Å². The topological polar surface area (TPSA) is 49.8 Å². The predicted octanol–water partition coefficient (Wildman–Crippen LogP) is 1.87. The number of carbonyl (C=O) groups is 1. The molecule has 0 bridgehead atoms. The summed E-state index contributed by atoms with van der Waals surface area (Å²) in [5.74, 6) is 0.676. The Morgan fingerprint density at radius 1 is 1.58 bits per heavy atom. The fraction of sp³-hybridized carbons (Fsp3) is 0.500. The van der Waals surface area contributed by atoms with Crippen molar-refractivity contribution in [2.45, 2.75) is 25.3 Å². The minimum absolute atomic E-state index is 0.0112. The number of nitrogens with zero attached hydrogens (tertiary/aromatic N) is 1. The molecule has 0 saturated carbocycles. The van der Waals surface area contributed by atoms with E-state index in [1.807, 2.05) is 0 Å². The van der Waals surface area contributed by atoms with Crippen molar-refractivity contribution in [1.29, 1.82) is 0 Å². The molecular formula is C14H18ClNO3. The molecule has 1 fully saturated rings. The van der Waals surface area contributed by atoms with Crippen molar-refractivity contribution in [3.63, 3.8) is 0 Å². The zero-order valence-corrected chi connectivity index (χ0v) is 11.7. The first-order valence-electron chi connectivity index (χ1n) is 6.38. The summed E-state index contributed by atoms with van der Waals surface area (Å²) in [7, 11) is 1.57. The number of halogens is 1. The van der Waals surface area contributed by atoms with Crippen molar-refractivity contribution in [2.24, 2.45) is 0 Å². The first-order chi connectivity index (χ1) is 9.15. The number of aliphatic hydroxyl groups is 1. The monoisotopic (exact) mass is 283 g/mol. The SMILES string of the molecule is COc1ccc(Cl)cc1CC(=O)N1CCCC1CO. The van der Waals surface area contributed by atoms with E-state index in [2.05, 4.69) is 0 Å². The van der Waals surface area contributed by atoms with E-state index in [0.29, 0.717) is 17.3 Å². The second-order valence-electron chi connectivity index (χ2n) is 4.70. The second kappa shape index (κ2) is 6.26. The first kappa shape index (κ1) is 14.2. The maximum Gasteiger partial charge on any atom is 0.227 e. The Balaban J connectivity index is 2.12. The van der Waals surface area contributed by atoms with Crippen LogP contribution in [0.5, 0.6) is 5.75 Å². The lowest BCUT2D eigenvalue weighted by Gasteiger charge is -2.23. The van der Waals surface area contributed by atoms with Crippen molar-refractivity contribution in [2.75, 3.05) is 20.3 Å². The first-order valence-corrected chi connectivity index (χ1v) is 6.76. The summed E-state index contributed by atoms with van der Waals surface area (Å²) in [6.07, 6.45) is 2.07. The number of hydrogen-bond acceptors (Lipinski definition) is 3. The third-order valence-corrected chi connectivity index (χ3v) is 3.73. The molecular weight excluding hydrogens is 266 g/mol. The minimum Gasteiger partial charge on any atom is -0.496 e. The molecule has 2 rings (SSSR count). The van der Waals surface area contributed by atoms with Gasteiger partial charge in [0.1, 0.15) is 5.75 Å². The molecule has 1 aliphatic rings. The zero-order chi connectivity index (χ0) is 13.8. The smallest absolute Gasteiger partial charge is 0.227 e. The van der Waals surface area contributed by atoms with Crippen molar-refractivity contribution < 1.29 is 14.6 Å². The van der Waals surface area contributed by atoms with Gasteiger partial charge in [-0.3, -0.25) is 4.79 Å². The Morgan fingerprint density at radius 3 is 3.05 bits per heavy atom. The molecule has 1 heterocycles. The average molecular weight is 284 g/mol. The van der Waals surface area contributed by atoms with Crippen LogP contribution in [0.3, 0.4) is 0 Å². The van der Waals surface area contributed by atoms with E-state index in [1.165, 1.54) is 0 Å². The standard InChI is InChI=1S/C14H18ClNO3/c1-19-13-5-4-11(15)7-10(13)8-14(18)16-6-2-3-12(16)9-17/h4-5,7,12,17H,2-3,6,8-9H2,1H3. The van der Waals surface area contributed by atoms with E-state index < -0.39 is 0 Å². The lowest BCUT2D eigenvalue weighted by Crippen LogP contribution is -2.38. The number of amides is 1. The van der Waals surface area contributed by atoms with Gasteiger partial charge in [0.25, 0.3) is 0 Å². The van der Waals surface area contributed by atoms with Crippen LogP contribution in [0.1, 0.15) is 18.4 Å². The highest BCUT2D eigenvalue weighted by Gasteiger charge is 2.28.